The molecule has 1 nitrogen and oxygen atoms in total. The summed E-state index contributed by atoms with van der Waals surface area (Å²) in [6.07, 6.45) is 0. The van der Waals surface area contributed by atoms with Crippen molar-refractivity contribution in [1.82, 2.24) is 0 Å². The Kier molecular flexibility index (Phi) is 5.17. The maximum absolute atomic E-state index is 9.43. The van der Waals surface area contributed by atoms with Crippen molar-refractivity contribution < 1.29 is 0 Å². The lowest BCUT2D eigenvalue weighted by Crippen LogP contribution is -1.87. The first-order valence-electron chi connectivity index (χ1n) is 6.56. The van der Waals surface area contributed by atoms with Crippen molar-refractivity contribution in [3.63, 3.8) is 0 Å². The summed E-state index contributed by atoms with van der Waals surface area (Å²) < 4.78 is 0. The number of thioether (sulfide) groups is 1. The predicted molar refractivity (Wildman–Crippen MR) is 87.6 cm³/mol. The highest BCUT2D eigenvalue weighted by atomic mass is 32.2. The van der Waals surface area contributed by atoms with E-state index in [9.17, 15) is 5.26 Å². The minimum atomic E-state index is 0.794. The molecule has 102 valence electrons. The van der Waals surface area contributed by atoms with Gasteiger partial charge in [0.2, 0.25) is 0 Å². The molecule has 0 fully saturated rings. The normalized spacial score (nSPS) is 10.3. The molecule has 0 amide bonds. The maximum Gasteiger partial charge on any atom is 0.101 e. The van der Waals surface area contributed by atoms with E-state index in [4.69, 9.17) is 0 Å². The summed E-state index contributed by atoms with van der Waals surface area (Å²) in [6.45, 7) is 6.34. The largest absolute Gasteiger partial charge is 0.192 e. The highest BCUT2D eigenvalue weighted by Gasteiger charge is 2.09. The Morgan fingerprint density at radius 1 is 1.05 bits per heavy atom. The third-order valence-corrected chi connectivity index (χ3v) is 5.10. The summed E-state index contributed by atoms with van der Waals surface area (Å²) >= 11 is 3.39. The fourth-order valence-electron chi connectivity index (χ4n) is 1.89. The molecule has 0 aliphatic carbocycles. The maximum atomic E-state index is 9.43. The van der Waals surface area contributed by atoms with E-state index in [0.717, 1.165) is 21.1 Å². The number of hydrogen-bond donors (Lipinski definition) is 0. The zero-order valence-electron chi connectivity index (χ0n) is 11.9. The van der Waals surface area contributed by atoms with Crippen LogP contribution in [0.4, 0.5) is 0 Å². The average molecular weight is 299 g/mol. The van der Waals surface area contributed by atoms with Crippen LogP contribution in [0.5, 0.6) is 0 Å². The number of hydrogen-bond acceptors (Lipinski definition) is 3. The van der Waals surface area contributed by atoms with Crippen LogP contribution in [0.15, 0.2) is 51.1 Å². The quantitative estimate of drug-likeness (QED) is 0.702. The van der Waals surface area contributed by atoms with Crippen molar-refractivity contribution in [2.45, 2.75) is 35.5 Å². The van der Waals surface area contributed by atoms with Crippen LogP contribution in [0.1, 0.15) is 23.6 Å². The van der Waals surface area contributed by atoms with Crippen LogP contribution in [0.2, 0.25) is 0 Å². The summed E-state index contributed by atoms with van der Waals surface area (Å²) in [6, 6.07) is 14.9. The van der Waals surface area contributed by atoms with E-state index in [1.54, 1.807) is 23.5 Å². The van der Waals surface area contributed by atoms with Crippen LogP contribution < -0.4 is 0 Å². The topological polar surface area (TPSA) is 23.8 Å². The number of rotatable bonds is 4. The van der Waals surface area contributed by atoms with Crippen molar-refractivity contribution >= 4 is 23.5 Å². The predicted octanol–water partition coefficient (Wildman–Crippen LogP) is 5.44. The van der Waals surface area contributed by atoms with Crippen molar-refractivity contribution in [3.05, 3.63) is 53.1 Å². The van der Waals surface area contributed by atoms with Gasteiger partial charge < -0.3 is 0 Å². The lowest BCUT2D eigenvalue weighted by atomic mass is 10.1. The van der Waals surface area contributed by atoms with Gasteiger partial charge in [-0.2, -0.15) is 5.26 Å². The minimum Gasteiger partial charge on any atom is -0.192 e. The standard InChI is InChI=1S/C17H17NS2/c1-4-19-16-6-5-7-17(15(16)11-18)20-14-9-8-12(2)13(3)10-14/h5-10H,4H2,1-3H3. The molecule has 0 aliphatic rings. The van der Waals surface area contributed by atoms with Crippen LogP contribution in [0.3, 0.4) is 0 Å². The van der Waals surface area contributed by atoms with E-state index in [1.807, 2.05) is 18.2 Å². The number of nitrogens with zero attached hydrogens (tertiary/aromatic N) is 1. The van der Waals surface area contributed by atoms with Crippen LogP contribution in [0, 0.1) is 25.2 Å². The van der Waals surface area contributed by atoms with Gasteiger partial charge in [0.05, 0.1) is 5.56 Å². The first kappa shape index (κ1) is 15.0. The summed E-state index contributed by atoms with van der Waals surface area (Å²) in [5.41, 5.74) is 3.38. The van der Waals surface area contributed by atoms with E-state index >= 15 is 0 Å². The summed E-state index contributed by atoms with van der Waals surface area (Å²) in [5.74, 6) is 0.979. The van der Waals surface area contributed by atoms with Crippen LogP contribution >= 0.6 is 23.5 Å². The average Bonchev–Trinajstić information content (AvgIpc) is 2.44. The van der Waals surface area contributed by atoms with E-state index in [0.29, 0.717) is 0 Å². The van der Waals surface area contributed by atoms with Gasteiger partial charge in [-0.1, -0.05) is 30.8 Å². The van der Waals surface area contributed by atoms with Gasteiger partial charge in [0, 0.05) is 14.7 Å². The minimum absolute atomic E-state index is 0.794. The highest BCUT2D eigenvalue weighted by molar-refractivity contribution is 8.00. The fourth-order valence-corrected chi connectivity index (χ4v) is 3.77. The molecule has 0 N–H and O–H groups in total. The molecule has 3 heteroatoms. The van der Waals surface area contributed by atoms with Gasteiger partial charge in [-0.25, -0.2) is 0 Å². The van der Waals surface area contributed by atoms with Gasteiger partial charge in [0.25, 0.3) is 0 Å². The molecule has 0 aromatic heterocycles. The van der Waals surface area contributed by atoms with Gasteiger partial charge in [-0.05, 0) is 55.0 Å². The SMILES string of the molecule is CCSc1cccc(Sc2ccc(C)c(C)c2)c1C#N. The van der Waals surface area contributed by atoms with Crippen molar-refractivity contribution in [2.24, 2.45) is 0 Å². The molecule has 0 saturated carbocycles. The highest BCUT2D eigenvalue weighted by Crippen LogP contribution is 2.35. The lowest BCUT2D eigenvalue weighted by molar-refractivity contribution is 1.24. The smallest absolute Gasteiger partial charge is 0.101 e. The second kappa shape index (κ2) is 6.88. The Balaban J connectivity index is 2.35. The molecule has 20 heavy (non-hydrogen) atoms. The monoisotopic (exact) mass is 299 g/mol. The molecule has 0 atom stereocenters. The van der Waals surface area contributed by atoms with Gasteiger partial charge in [0.15, 0.2) is 0 Å². The first-order chi connectivity index (χ1) is 9.65. The zero-order chi connectivity index (χ0) is 14.5. The third-order valence-electron chi connectivity index (χ3n) is 3.11. The second-order valence-electron chi connectivity index (χ2n) is 4.52. The van der Waals surface area contributed by atoms with E-state index < -0.39 is 0 Å². The molecule has 2 rings (SSSR count). The van der Waals surface area contributed by atoms with E-state index in [-0.39, 0.29) is 0 Å². The Morgan fingerprint density at radius 3 is 2.45 bits per heavy atom. The van der Waals surface area contributed by atoms with Crippen molar-refractivity contribution in [3.8, 4) is 6.07 Å². The van der Waals surface area contributed by atoms with Gasteiger partial charge in [-0.3, -0.25) is 0 Å². The molecule has 0 radical (unpaired) electrons. The van der Waals surface area contributed by atoms with Crippen LogP contribution in [-0.4, -0.2) is 5.75 Å². The Hall–Kier alpha value is -1.37. The zero-order valence-corrected chi connectivity index (χ0v) is 13.6. The molecule has 0 spiro atoms. The number of nitriles is 1. The van der Waals surface area contributed by atoms with Crippen molar-refractivity contribution in [1.29, 1.82) is 5.26 Å². The van der Waals surface area contributed by atoms with Crippen LogP contribution in [-0.2, 0) is 0 Å². The van der Waals surface area contributed by atoms with Crippen LogP contribution in [0.25, 0.3) is 0 Å². The van der Waals surface area contributed by atoms with Gasteiger partial charge in [0.1, 0.15) is 6.07 Å². The molecule has 0 heterocycles. The third kappa shape index (κ3) is 3.39. The second-order valence-corrected chi connectivity index (χ2v) is 6.94. The van der Waals surface area contributed by atoms with E-state index in [1.165, 1.54) is 16.0 Å². The molecular weight excluding hydrogens is 282 g/mol. The van der Waals surface area contributed by atoms with Gasteiger partial charge >= 0.3 is 0 Å². The molecule has 0 unspecified atom stereocenters. The van der Waals surface area contributed by atoms with Gasteiger partial charge in [-0.15, -0.1) is 11.8 Å². The molecule has 2 aromatic rings. The first-order valence-corrected chi connectivity index (χ1v) is 8.37. The fraction of sp³-hybridized carbons (Fsp3) is 0.235. The lowest BCUT2D eigenvalue weighted by Gasteiger charge is -2.09. The molecule has 0 saturated heterocycles. The Labute approximate surface area is 129 Å². The number of aryl methyl sites for hydroxylation is 2. The Morgan fingerprint density at radius 2 is 1.80 bits per heavy atom. The molecule has 0 aliphatic heterocycles. The van der Waals surface area contributed by atoms with Crippen molar-refractivity contribution in [2.75, 3.05) is 5.75 Å². The summed E-state index contributed by atoms with van der Waals surface area (Å²) in [5, 5.41) is 9.43. The number of benzene rings is 2. The Bertz CT molecular complexity index is 657. The van der Waals surface area contributed by atoms with E-state index in [2.05, 4.69) is 45.0 Å². The summed E-state index contributed by atoms with van der Waals surface area (Å²) in [4.78, 5) is 3.29. The summed E-state index contributed by atoms with van der Waals surface area (Å²) in [7, 11) is 0. The molecule has 0 bridgehead atoms. The molecular formula is C17H17NS2. The molecule has 2 aromatic carbocycles.